The van der Waals surface area contributed by atoms with E-state index >= 15 is 0 Å². The van der Waals surface area contributed by atoms with Crippen LogP contribution in [0.5, 0.6) is 5.75 Å². The maximum Gasteiger partial charge on any atom is 0.343 e. The molecule has 1 saturated heterocycles. The Kier molecular flexibility index (Phi) is 3.31. The van der Waals surface area contributed by atoms with Crippen molar-refractivity contribution in [2.45, 2.75) is 11.3 Å². The molecule has 7 nitrogen and oxygen atoms in total. The topological polar surface area (TPSA) is 102 Å². The number of nitrogens with one attached hydrogen (secondary N) is 2. The number of urea groups is 1. The molecule has 0 radical (unpaired) electrons. The Bertz CT molecular complexity index is 803. The van der Waals surface area contributed by atoms with Gasteiger partial charge in [-0.3, -0.25) is 10.3 Å². The summed E-state index contributed by atoms with van der Waals surface area (Å²) in [6.45, 7) is 0. The number of fused-ring (bicyclic) bond motifs is 1. The number of aromatic nitrogens is 1. The lowest BCUT2D eigenvalue weighted by atomic mass is 10.0. The molecule has 2 atom stereocenters. The molecule has 0 saturated carbocycles. The summed E-state index contributed by atoms with van der Waals surface area (Å²) >= 11 is 2.73. The second-order valence-electron chi connectivity index (χ2n) is 4.98. The maximum absolute atomic E-state index is 12.0. The van der Waals surface area contributed by atoms with E-state index in [1.54, 1.807) is 35.4 Å². The van der Waals surface area contributed by atoms with Gasteiger partial charge in [-0.1, -0.05) is 23.9 Å². The van der Waals surface area contributed by atoms with Crippen LogP contribution in [0.15, 0.2) is 40.8 Å². The van der Waals surface area contributed by atoms with Crippen molar-refractivity contribution in [3.05, 3.63) is 41.4 Å². The lowest BCUT2D eigenvalue weighted by Gasteiger charge is -2.28. The third-order valence-corrected chi connectivity index (χ3v) is 5.49. The first kappa shape index (κ1) is 14.2. The molecule has 23 heavy (non-hydrogen) atoms. The molecule has 3 heterocycles. The van der Waals surface area contributed by atoms with Crippen LogP contribution >= 0.6 is 23.1 Å². The molecule has 0 spiro atoms. The van der Waals surface area contributed by atoms with Crippen molar-refractivity contribution in [3.63, 3.8) is 0 Å². The fraction of sp³-hybridized carbons (Fsp3) is 0.143. The van der Waals surface area contributed by atoms with Gasteiger partial charge in [0.1, 0.15) is 11.6 Å². The van der Waals surface area contributed by atoms with E-state index in [-0.39, 0.29) is 17.0 Å². The first-order chi connectivity index (χ1) is 11.1. The van der Waals surface area contributed by atoms with Crippen molar-refractivity contribution in [1.29, 1.82) is 5.41 Å². The number of hydrogen-bond acceptors (Lipinski definition) is 6. The maximum atomic E-state index is 12.0. The first-order valence-electron chi connectivity index (χ1n) is 6.76. The number of amidine groups is 2. The number of hydrogen-bond donors (Lipinski definition) is 3. The van der Waals surface area contributed by atoms with Gasteiger partial charge in [-0.25, -0.2) is 9.78 Å². The van der Waals surface area contributed by atoms with Gasteiger partial charge < -0.3 is 10.4 Å². The van der Waals surface area contributed by atoms with Crippen molar-refractivity contribution >= 4 is 45.3 Å². The van der Waals surface area contributed by atoms with E-state index in [0.717, 1.165) is 5.56 Å². The summed E-state index contributed by atoms with van der Waals surface area (Å²) in [6, 6.07) is 5.93. The lowest BCUT2D eigenvalue weighted by Crippen LogP contribution is -2.45. The minimum atomic E-state index is -0.439. The Morgan fingerprint density at radius 1 is 1.30 bits per heavy atom. The Morgan fingerprint density at radius 2 is 2.09 bits per heavy atom. The van der Waals surface area contributed by atoms with Crippen molar-refractivity contribution < 1.29 is 9.90 Å². The van der Waals surface area contributed by atoms with Crippen LogP contribution in [-0.4, -0.2) is 32.4 Å². The van der Waals surface area contributed by atoms with E-state index in [0.29, 0.717) is 16.1 Å². The molecule has 4 rings (SSSR count). The van der Waals surface area contributed by atoms with Crippen LogP contribution in [-0.2, 0) is 0 Å². The van der Waals surface area contributed by atoms with Gasteiger partial charge in [0.25, 0.3) is 0 Å². The van der Waals surface area contributed by atoms with E-state index < -0.39 is 6.03 Å². The Hall–Kier alpha value is -2.39. The number of aliphatic imine (C=N–C) groups is 1. The molecular weight excluding hydrogens is 334 g/mol. The van der Waals surface area contributed by atoms with E-state index in [9.17, 15) is 9.90 Å². The summed E-state index contributed by atoms with van der Waals surface area (Å²) < 4.78 is 0. The molecule has 1 aromatic heterocycles. The number of anilines is 1. The fourth-order valence-electron chi connectivity index (χ4n) is 2.58. The lowest BCUT2D eigenvalue weighted by molar-refractivity contribution is 0.244. The number of carbonyl (C=O) groups is 1. The molecule has 9 heteroatoms. The highest BCUT2D eigenvalue weighted by molar-refractivity contribution is 8.16. The number of rotatable bonds is 2. The zero-order chi connectivity index (χ0) is 16.0. The molecule has 0 bridgehead atoms. The van der Waals surface area contributed by atoms with Crippen LogP contribution in [0.1, 0.15) is 11.6 Å². The van der Waals surface area contributed by atoms with Gasteiger partial charge in [0, 0.05) is 11.6 Å². The number of amides is 2. The average Bonchev–Trinajstić information content (AvgIpc) is 3.14. The Labute approximate surface area is 139 Å². The normalized spacial score (nSPS) is 23.5. The molecule has 3 N–H and O–H groups in total. The van der Waals surface area contributed by atoms with Gasteiger partial charge >= 0.3 is 6.03 Å². The van der Waals surface area contributed by atoms with Crippen LogP contribution < -0.4 is 10.2 Å². The van der Waals surface area contributed by atoms with Crippen LogP contribution in [0, 0.1) is 5.41 Å². The molecular formula is C14H11N5O2S2. The zero-order valence-electron chi connectivity index (χ0n) is 11.6. The average molecular weight is 345 g/mol. The number of nitrogens with zero attached hydrogens (tertiary/aromatic N) is 3. The Balaban J connectivity index is 1.74. The van der Waals surface area contributed by atoms with Gasteiger partial charge in [-0.15, -0.1) is 11.3 Å². The van der Waals surface area contributed by atoms with Crippen LogP contribution in [0.4, 0.5) is 9.93 Å². The van der Waals surface area contributed by atoms with Crippen LogP contribution in [0.2, 0.25) is 0 Å². The van der Waals surface area contributed by atoms with Gasteiger partial charge in [-0.2, -0.15) is 4.99 Å². The molecule has 2 amide bonds. The number of phenolic OH excluding ortho intramolecular Hbond substituents is 1. The molecule has 1 aromatic carbocycles. The molecule has 2 aromatic rings. The molecule has 0 aliphatic carbocycles. The minimum absolute atomic E-state index is 0.168. The van der Waals surface area contributed by atoms with E-state index in [2.05, 4.69) is 15.3 Å². The second kappa shape index (κ2) is 5.36. The number of thiazole rings is 1. The quantitative estimate of drug-likeness (QED) is 0.776. The SMILES string of the molecule is N=C1SC2C(=NC(=O)NC2c2ccc(O)cc2)N1c1nccs1. The second-order valence-corrected chi connectivity index (χ2v) is 6.99. The van der Waals surface area contributed by atoms with Crippen molar-refractivity contribution in [1.82, 2.24) is 10.3 Å². The third-order valence-electron chi connectivity index (χ3n) is 3.59. The van der Waals surface area contributed by atoms with Gasteiger partial charge in [0.15, 0.2) is 10.3 Å². The monoisotopic (exact) mass is 345 g/mol. The molecule has 116 valence electrons. The summed E-state index contributed by atoms with van der Waals surface area (Å²) in [4.78, 5) is 21.9. The predicted octanol–water partition coefficient (Wildman–Crippen LogP) is 2.57. The van der Waals surface area contributed by atoms with E-state index in [1.165, 1.54) is 23.1 Å². The third kappa shape index (κ3) is 2.37. The van der Waals surface area contributed by atoms with Crippen molar-refractivity contribution in [2.75, 3.05) is 4.90 Å². The largest absolute Gasteiger partial charge is 0.508 e. The van der Waals surface area contributed by atoms with E-state index in [4.69, 9.17) is 5.41 Å². The summed E-state index contributed by atoms with van der Waals surface area (Å²) in [5.74, 6) is 0.692. The van der Waals surface area contributed by atoms with Crippen molar-refractivity contribution in [2.24, 2.45) is 4.99 Å². The predicted molar refractivity (Wildman–Crippen MR) is 90.5 cm³/mol. The minimum Gasteiger partial charge on any atom is -0.508 e. The number of benzene rings is 1. The molecule has 1 fully saturated rings. The number of aromatic hydroxyl groups is 1. The first-order valence-corrected chi connectivity index (χ1v) is 8.52. The van der Waals surface area contributed by atoms with Gasteiger partial charge in [-0.05, 0) is 17.7 Å². The Morgan fingerprint density at radius 3 is 2.78 bits per heavy atom. The standard InChI is InChI=1S/C14H11N5O2S2/c15-12-19(14-16-5-6-22-14)11-10(23-12)9(17-13(21)18-11)7-1-3-8(20)4-2-7/h1-6,9-10,15,20H,(H,17,21). The molecule has 2 aliphatic heterocycles. The number of carbonyl (C=O) groups excluding carboxylic acids is 1. The molecule has 2 unspecified atom stereocenters. The van der Waals surface area contributed by atoms with E-state index in [1.807, 2.05) is 5.38 Å². The van der Waals surface area contributed by atoms with Crippen LogP contribution in [0.25, 0.3) is 0 Å². The molecule has 2 aliphatic rings. The zero-order valence-corrected chi connectivity index (χ0v) is 13.3. The highest BCUT2D eigenvalue weighted by atomic mass is 32.2. The highest BCUT2D eigenvalue weighted by Gasteiger charge is 2.45. The summed E-state index contributed by atoms with van der Waals surface area (Å²) in [7, 11) is 0. The van der Waals surface area contributed by atoms with Crippen LogP contribution in [0.3, 0.4) is 0 Å². The fourth-order valence-corrected chi connectivity index (χ4v) is 4.45. The highest BCUT2D eigenvalue weighted by Crippen LogP contribution is 2.40. The smallest absolute Gasteiger partial charge is 0.343 e. The summed E-state index contributed by atoms with van der Waals surface area (Å²) in [5, 5.41) is 23.0. The number of thioether (sulfide) groups is 1. The van der Waals surface area contributed by atoms with Gasteiger partial charge in [0.2, 0.25) is 0 Å². The number of phenols is 1. The summed E-state index contributed by atoms with van der Waals surface area (Å²) in [6.07, 6.45) is 1.66. The van der Waals surface area contributed by atoms with Gasteiger partial charge in [0.05, 0.1) is 11.3 Å². The summed E-state index contributed by atoms with van der Waals surface area (Å²) in [5.41, 5.74) is 0.856. The van der Waals surface area contributed by atoms with Crippen molar-refractivity contribution in [3.8, 4) is 5.75 Å².